The Morgan fingerprint density at radius 1 is 1.50 bits per heavy atom. The molecule has 0 saturated carbocycles. The molecule has 0 fully saturated rings. The van der Waals surface area contributed by atoms with E-state index in [1.807, 2.05) is 13.8 Å². The molecule has 5 nitrogen and oxygen atoms in total. The lowest BCUT2D eigenvalue weighted by Crippen LogP contribution is -2.36. The van der Waals surface area contributed by atoms with Gasteiger partial charge in [-0.3, -0.25) is 9.00 Å². The molecule has 0 saturated heterocycles. The molecule has 1 heterocycles. The van der Waals surface area contributed by atoms with Gasteiger partial charge in [-0.05, 0) is 27.2 Å². The second-order valence-corrected chi connectivity index (χ2v) is 6.02. The molecule has 0 radical (unpaired) electrons. The summed E-state index contributed by atoms with van der Waals surface area (Å²) in [4.78, 5) is 11.7. The first-order chi connectivity index (χ1) is 8.47. The van der Waals surface area contributed by atoms with Crippen molar-refractivity contribution in [3.05, 3.63) is 17.0 Å². The topological polar surface area (TPSA) is 72.2 Å². The number of carbonyl (C=O) groups excluding carboxylic acids is 1. The number of carbonyl (C=O) groups is 1. The molecule has 1 aromatic heterocycles. The lowest BCUT2D eigenvalue weighted by molar-refractivity contribution is -0.120. The molecule has 1 aromatic rings. The van der Waals surface area contributed by atoms with Crippen molar-refractivity contribution in [2.24, 2.45) is 0 Å². The molecule has 6 heteroatoms. The Balaban J connectivity index is 2.63. The van der Waals surface area contributed by atoms with Crippen molar-refractivity contribution in [3.63, 3.8) is 0 Å². The van der Waals surface area contributed by atoms with E-state index in [9.17, 15) is 9.00 Å². The van der Waals surface area contributed by atoms with Crippen molar-refractivity contribution in [1.82, 2.24) is 10.5 Å². The highest BCUT2D eigenvalue weighted by molar-refractivity contribution is 7.85. The van der Waals surface area contributed by atoms with Crippen LogP contribution in [0.5, 0.6) is 0 Å². The molecule has 0 aromatic carbocycles. The molecular weight excluding hydrogens is 252 g/mol. The summed E-state index contributed by atoms with van der Waals surface area (Å²) in [6.45, 7) is 7.87. The van der Waals surface area contributed by atoms with Crippen LogP contribution >= 0.6 is 0 Å². The fourth-order valence-electron chi connectivity index (χ4n) is 1.49. The summed E-state index contributed by atoms with van der Waals surface area (Å²) in [5.41, 5.74) is 1.57. The maximum atomic E-state index is 12.1. The van der Waals surface area contributed by atoms with Crippen LogP contribution in [0.15, 0.2) is 4.52 Å². The van der Waals surface area contributed by atoms with Crippen molar-refractivity contribution < 1.29 is 13.5 Å². The van der Waals surface area contributed by atoms with Gasteiger partial charge in [0, 0.05) is 22.9 Å². The van der Waals surface area contributed by atoms with Crippen LogP contribution in [0.2, 0.25) is 0 Å². The molecule has 2 atom stereocenters. The number of rotatable bonds is 6. The fourth-order valence-corrected chi connectivity index (χ4v) is 2.76. The summed E-state index contributed by atoms with van der Waals surface area (Å²) in [6.07, 6.45) is 0.870. The second-order valence-electron chi connectivity index (χ2n) is 4.26. The van der Waals surface area contributed by atoms with Gasteiger partial charge in [-0.15, -0.1) is 0 Å². The first-order valence-electron chi connectivity index (χ1n) is 6.04. The van der Waals surface area contributed by atoms with Crippen molar-refractivity contribution >= 4 is 16.7 Å². The molecule has 0 aliphatic heterocycles. The summed E-state index contributed by atoms with van der Waals surface area (Å²) in [5, 5.41) is 6.04. The van der Waals surface area contributed by atoms with E-state index in [2.05, 4.69) is 10.5 Å². The Labute approximate surface area is 110 Å². The minimum absolute atomic E-state index is 0.165. The number of nitrogens with one attached hydrogen (secondary N) is 1. The van der Waals surface area contributed by atoms with Gasteiger partial charge < -0.3 is 9.84 Å². The molecule has 0 aliphatic carbocycles. The second kappa shape index (κ2) is 6.68. The Morgan fingerprint density at radius 3 is 2.67 bits per heavy atom. The van der Waals surface area contributed by atoms with E-state index in [1.54, 1.807) is 13.8 Å². The predicted molar refractivity (Wildman–Crippen MR) is 70.6 cm³/mol. The van der Waals surface area contributed by atoms with Gasteiger partial charge in [-0.1, -0.05) is 12.1 Å². The number of hydrogen-bond donors (Lipinski definition) is 1. The summed E-state index contributed by atoms with van der Waals surface area (Å²) < 4.78 is 17.1. The number of aromatic nitrogens is 1. The third-order valence-corrected chi connectivity index (χ3v) is 4.36. The van der Waals surface area contributed by atoms with Crippen LogP contribution in [-0.4, -0.2) is 27.1 Å². The van der Waals surface area contributed by atoms with Gasteiger partial charge in [0.25, 0.3) is 0 Å². The van der Waals surface area contributed by atoms with Gasteiger partial charge in [-0.25, -0.2) is 0 Å². The van der Waals surface area contributed by atoms with E-state index in [-0.39, 0.29) is 5.91 Å². The van der Waals surface area contributed by atoms with Crippen LogP contribution in [0, 0.1) is 13.8 Å². The third kappa shape index (κ3) is 3.66. The van der Waals surface area contributed by atoms with E-state index >= 15 is 0 Å². The highest BCUT2D eigenvalue weighted by Crippen LogP contribution is 2.16. The first kappa shape index (κ1) is 14.9. The number of amides is 1. The van der Waals surface area contributed by atoms with E-state index < -0.39 is 16.0 Å². The molecule has 102 valence electrons. The standard InChI is InChI=1S/C12H20N2O3S/c1-5-6-13-12(15)10(4)18(16)7-11-8(2)14-17-9(11)3/h10H,5-7H2,1-4H3,(H,13,15)/t10-,18+/m0/s1. The van der Waals surface area contributed by atoms with E-state index in [4.69, 9.17) is 4.52 Å². The molecular formula is C12H20N2O3S. The summed E-state index contributed by atoms with van der Waals surface area (Å²) in [7, 11) is -1.26. The zero-order valence-corrected chi connectivity index (χ0v) is 12.1. The molecule has 0 spiro atoms. The molecule has 1 rings (SSSR count). The maximum absolute atomic E-state index is 12.1. The third-order valence-electron chi connectivity index (χ3n) is 2.78. The first-order valence-corrected chi connectivity index (χ1v) is 7.42. The van der Waals surface area contributed by atoms with Crippen LogP contribution in [-0.2, 0) is 21.3 Å². The monoisotopic (exact) mass is 272 g/mol. The molecule has 0 unspecified atom stereocenters. The predicted octanol–water partition coefficient (Wildman–Crippen LogP) is 1.45. The zero-order chi connectivity index (χ0) is 13.7. The molecule has 0 bridgehead atoms. The van der Waals surface area contributed by atoms with Crippen LogP contribution in [0.4, 0.5) is 0 Å². The summed E-state index contributed by atoms with van der Waals surface area (Å²) >= 11 is 0. The minimum Gasteiger partial charge on any atom is -0.361 e. The van der Waals surface area contributed by atoms with Crippen LogP contribution in [0.3, 0.4) is 0 Å². The van der Waals surface area contributed by atoms with Crippen molar-refractivity contribution in [1.29, 1.82) is 0 Å². The Hall–Kier alpha value is -1.17. The average Bonchev–Trinajstić information content (AvgIpc) is 2.66. The summed E-state index contributed by atoms with van der Waals surface area (Å²) in [6, 6.07) is 0. The number of aryl methyl sites for hydroxylation is 2. The quantitative estimate of drug-likeness (QED) is 0.851. The minimum atomic E-state index is -1.26. The van der Waals surface area contributed by atoms with Gasteiger partial charge in [0.2, 0.25) is 5.91 Å². The fraction of sp³-hybridized carbons (Fsp3) is 0.667. The Kier molecular flexibility index (Phi) is 5.53. The SMILES string of the molecule is CCCNC(=O)[C@H](C)[S@](=O)Cc1c(C)noc1C. The van der Waals surface area contributed by atoms with Gasteiger partial charge in [0.05, 0.1) is 11.4 Å². The lowest BCUT2D eigenvalue weighted by Gasteiger charge is -2.11. The largest absolute Gasteiger partial charge is 0.361 e. The summed E-state index contributed by atoms with van der Waals surface area (Å²) in [5.74, 6) is 0.811. The molecule has 0 aliphatic rings. The van der Waals surface area contributed by atoms with Gasteiger partial charge in [0.1, 0.15) is 11.0 Å². The van der Waals surface area contributed by atoms with Crippen molar-refractivity contribution in [2.45, 2.75) is 45.1 Å². The normalized spacial score (nSPS) is 14.2. The highest BCUT2D eigenvalue weighted by Gasteiger charge is 2.22. The van der Waals surface area contributed by atoms with E-state index in [0.29, 0.717) is 18.1 Å². The Bertz CT molecular complexity index is 423. The van der Waals surface area contributed by atoms with Crippen LogP contribution in [0.1, 0.15) is 37.3 Å². The van der Waals surface area contributed by atoms with E-state index in [0.717, 1.165) is 17.7 Å². The van der Waals surface area contributed by atoms with Gasteiger partial charge in [-0.2, -0.15) is 0 Å². The maximum Gasteiger partial charge on any atom is 0.235 e. The van der Waals surface area contributed by atoms with Crippen molar-refractivity contribution in [2.75, 3.05) is 6.54 Å². The van der Waals surface area contributed by atoms with Gasteiger partial charge >= 0.3 is 0 Å². The smallest absolute Gasteiger partial charge is 0.235 e. The molecule has 1 N–H and O–H groups in total. The highest BCUT2D eigenvalue weighted by atomic mass is 32.2. The van der Waals surface area contributed by atoms with Crippen LogP contribution in [0.25, 0.3) is 0 Å². The van der Waals surface area contributed by atoms with Gasteiger partial charge in [0.15, 0.2) is 0 Å². The van der Waals surface area contributed by atoms with E-state index in [1.165, 1.54) is 0 Å². The Morgan fingerprint density at radius 2 is 2.17 bits per heavy atom. The lowest BCUT2D eigenvalue weighted by atomic mass is 10.2. The van der Waals surface area contributed by atoms with Crippen LogP contribution < -0.4 is 5.32 Å². The zero-order valence-electron chi connectivity index (χ0n) is 11.3. The number of hydrogen-bond acceptors (Lipinski definition) is 4. The number of nitrogens with zero attached hydrogens (tertiary/aromatic N) is 1. The van der Waals surface area contributed by atoms with Crippen molar-refractivity contribution in [3.8, 4) is 0 Å². The molecule has 1 amide bonds. The average molecular weight is 272 g/mol. The molecule has 18 heavy (non-hydrogen) atoms.